The van der Waals surface area contributed by atoms with Crippen LogP contribution >= 0.6 is 0 Å². The summed E-state index contributed by atoms with van der Waals surface area (Å²) in [6, 6.07) is 13.5. The maximum atomic E-state index is 15.7. The molecule has 6 fully saturated rings. The van der Waals surface area contributed by atoms with Gasteiger partial charge in [0.05, 0.1) is 127 Å². The Hall–Kier alpha value is -13.5. The average molecular weight is 1660 g/mol. The van der Waals surface area contributed by atoms with E-state index in [1.807, 2.05) is 0 Å². The van der Waals surface area contributed by atoms with E-state index >= 15 is 8.78 Å². The van der Waals surface area contributed by atoms with Gasteiger partial charge in [-0.25, -0.2) is 63.9 Å². The normalized spacial score (nSPS) is 19.3. The first-order valence-corrected chi connectivity index (χ1v) is 37.4. The van der Waals surface area contributed by atoms with Gasteiger partial charge in [-0.2, -0.15) is 4.39 Å². The number of carbonyl (C=O) groups is 7. The number of pyridine rings is 3. The lowest BCUT2D eigenvalue weighted by Gasteiger charge is -2.33. The summed E-state index contributed by atoms with van der Waals surface area (Å²) < 4.78 is 148. The smallest absolute Gasteiger partial charge is 0.492 e. The monoisotopic (exact) mass is 1660 g/mol. The first kappa shape index (κ1) is 84.4. The number of carboxylic acids is 2. The summed E-state index contributed by atoms with van der Waals surface area (Å²) in [5, 5.41) is 21.3. The number of alkyl halides is 3. The predicted molar refractivity (Wildman–Crippen MR) is 416 cm³/mol. The van der Waals surface area contributed by atoms with Crippen LogP contribution in [0.2, 0.25) is 0 Å². The van der Waals surface area contributed by atoms with Gasteiger partial charge >= 0.3 is 25.4 Å². The number of ether oxygens (including phenoxy) is 3. The van der Waals surface area contributed by atoms with Gasteiger partial charge in [-0.05, 0) is 94.1 Å². The fourth-order valence-corrected chi connectivity index (χ4v) is 15.6. The Morgan fingerprint density at radius 3 is 1.13 bits per heavy atom. The van der Waals surface area contributed by atoms with Crippen molar-refractivity contribution >= 4 is 93.1 Å². The number of nitrogens with one attached hydrogen (secondary N) is 1. The van der Waals surface area contributed by atoms with E-state index in [2.05, 4.69) is 24.5 Å². The number of carboxylic acid groups (broad SMARTS) is 2. The van der Waals surface area contributed by atoms with E-state index in [1.54, 1.807) is 58.3 Å². The van der Waals surface area contributed by atoms with Crippen molar-refractivity contribution in [3.63, 3.8) is 0 Å². The molecule has 6 atom stereocenters. The number of amides is 4. The van der Waals surface area contributed by atoms with Gasteiger partial charge in [0.25, 0.3) is 23.6 Å². The number of aromatic nitrogens is 3. The van der Waals surface area contributed by atoms with Crippen LogP contribution in [0.15, 0.2) is 134 Å². The van der Waals surface area contributed by atoms with Crippen molar-refractivity contribution in [2.24, 2.45) is 5.73 Å². The van der Waals surface area contributed by atoms with Crippen molar-refractivity contribution in [2.45, 2.75) is 94.4 Å². The summed E-state index contributed by atoms with van der Waals surface area (Å²) in [4.78, 5) is 140. The molecule has 120 heavy (non-hydrogen) atoms. The number of nitrogens with two attached hydrogens (primary N) is 1. The highest BCUT2D eigenvalue weighted by atomic mass is 19.2. The molecule has 620 valence electrons. The van der Waals surface area contributed by atoms with Crippen LogP contribution in [0.4, 0.5) is 50.7 Å². The van der Waals surface area contributed by atoms with Gasteiger partial charge in [0.1, 0.15) is 46.6 Å². The van der Waals surface area contributed by atoms with Crippen LogP contribution in [0, 0.1) is 43.0 Å². The predicted octanol–water partition coefficient (Wildman–Crippen LogP) is 11.6. The van der Waals surface area contributed by atoms with Gasteiger partial charge in [-0.15, -0.1) is 0 Å². The number of hydrogen-bond donors (Lipinski definition) is 4. The number of methoxy groups -OCH3 is 3. The summed E-state index contributed by atoms with van der Waals surface area (Å²) in [5.74, 6) is -11.1. The molecule has 0 bridgehead atoms. The highest BCUT2D eigenvalue weighted by molar-refractivity contribution is 6.38. The Labute approximate surface area is 674 Å². The minimum absolute atomic E-state index is 0.0105. The molecule has 8 aliphatic rings. The van der Waals surface area contributed by atoms with Crippen molar-refractivity contribution in [1.82, 2.24) is 28.8 Å². The van der Waals surface area contributed by atoms with Crippen LogP contribution in [0.5, 0.6) is 17.2 Å². The topological polar surface area (TPSA) is 327 Å². The lowest BCUT2D eigenvalue weighted by molar-refractivity contribution is 0.0653. The standard InChI is InChI=1S/C30H24F2N4O6.C22H22F2N4O4.C16H15N3O2.C14H9BF5NO4/c1-33-22(14-36-28(38)16-5-3-4-6-17(16)29(36)39)15-7-9-34(10-8-15)25-21(32)11-18-24(27(25)42-2)35(23-12-20(23)31)13-19(26(18)37)30(40)41;1-26-16(9-25)11-3-5-27(6-4-11)19-15(24)7-12-18(21(19)32-2)28(17-8-14(17)23)10-13(20(12)29)22(30)31;1-17-14(11-6-8-18-9-7-11)10-19-15(20)12-4-2-3-5-13(12)16(19)21;1-24-13-10(18)8(17)2-5-11(13)21(9-3-7(9)16)4-6(12(5)22)14(23)25-15(19)20/h3-6,11,13,20,23H,7-10,12,14H2,2H3,(H,40,41);7,10,14,17H,3-6,8-9,25H2,2H3,(H,30,31);2-5,18H,6-10H2;2,4,7,9H,3H2,1H3/t20-,23?;14-,17?;;7-,9?/m00.0/s1. The van der Waals surface area contributed by atoms with Crippen LogP contribution in [-0.2, 0) is 4.65 Å². The van der Waals surface area contributed by atoms with Crippen molar-refractivity contribution in [3.05, 3.63) is 246 Å². The lowest BCUT2D eigenvalue weighted by atomic mass is 9.99. The first-order valence-electron chi connectivity index (χ1n) is 37.4. The highest BCUT2D eigenvalue weighted by Gasteiger charge is 2.46. The molecule has 5 aliphatic heterocycles. The molecule has 8 heterocycles. The number of aromatic carboxylic acids is 2. The van der Waals surface area contributed by atoms with E-state index in [0.29, 0.717) is 78.5 Å². The molecule has 3 aliphatic carbocycles. The maximum Gasteiger partial charge on any atom is 0.798 e. The van der Waals surface area contributed by atoms with E-state index in [9.17, 15) is 88.7 Å². The Kier molecular flexibility index (Phi) is 24.3. The van der Waals surface area contributed by atoms with Crippen LogP contribution in [-0.4, -0.2) is 181 Å². The lowest BCUT2D eigenvalue weighted by Crippen LogP contribution is -2.34. The zero-order valence-corrected chi connectivity index (χ0v) is 63.9. The number of imide groups is 2. The molecule has 5 aromatic carbocycles. The first-order chi connectivity index (χ1) is 57.4. The number of piperidine rings is 3. The van der Waals surface area contributed by atoms with Crippen molar-refractivity contribution in [2.75, 3.05) is 90.0 Å². The van der Waals surface area contributed by atoms with Crippen molar-refractivity contribution in [1.29, 1.82) is 0 Å². The number of nitrogens with zero attached hydrogens (tertiary/aromatic N) is 10. The van der Waals surface area contributed by atoms with Crippen LogP contribution in [0.1, 0.15) is 148 Å². The fourth-order valence-electron chi connectivity index (χ4n) is 15.6. The zero-order chi connectivity index (χ0) is 86.3. The SMILES string of the molecule is COc1c(F)c(F)cc2c(=O)c(C(=O)OB(F)F)cn(C3C[C@@H]3F)c12.[C-]#[N+]C(CN)=C1CCN(c2c(F)cc3c(=O)c(C(=O)O)cn(C4C[C@@H]4F)c3c2OC)CC1.[C-]#[N+]C(CN1C(=O)c2ccccc2C1=O)=C1CCN(c2c(F)cc3c(=O)c(C(=O)O)cn(C4C[C@@H]4F)c3c2OC)CC1.[C-]#[N+]C(CN1C(=O)c2ccccc2C1=O)=C1CCNCC1. The Morgan fingerprint density at radius 1 is 0.500 bits per heavy atom. The van der Waals surface area contributed by atoms with Crippen molar-refractivity contribution in [3.8, 4) is 17.2 Å². The number of rotatable bonds is 17. The molecule has 0 spiro atoms. The average Bonchev–Trinajstić information content (AvgIpc) is 1.38. The number of hydrogen-bond acceptors (Lipinski definition) is 18. The zero-order valence-electron chi connectivity index (χ0n) is 63.9. The third-order valence-corrected chi connectivity index (χ3v) is 21.9. The van der Waals surface area contributed by atoms with Gasteiger partial charge in [0, 0.05) is 70.6 Å². The molecule has 28 nitrogen and oxygen atoms in total. The minimum Gasteiger partial charge on any atom is -0.492 e. The van der Waals surface area contributed by atoms with Gasteiger partial charge in [0.15, 0.2) is 51.8 Å². The summed E-state index contributed by atoms with van der Waals surface area (Å²) >= 11 is 0. The second-order valence-electron chi connectivity index (χ2n) is 28.8. The molecule has 4 amide bonds. The maximum absolute atomic E-state index is 15.7. The molecule has 16 rings (SSSR count). The molecular weight excluding hydrogens is 1590 g/mol. The van der Waals surface area contributed by atoms with Gasteiger partial charge in [-0.1, -0.05) is 41.0 Å². The largest absolute Gasteiger partial charge is 0.798 e. The minimum atomic E-state index is -3.48. The quantitative estimate of drug-likeness (QED) is 0.0285. The van der Waals surface area contributed by atoms with Gasteiger partial charge < -0.3 is 63.6 Å². The summed E-state index contributed by atoms with van der Waals surface area (Å²) in [6.45, 7) is 25.4. The highest BCUT2D eigenvalue weighted by Crippen LogP contribution is 2.49. The summed E-state index contributed by atoms with van der Waals surface area (Å²) in [7, 11) is 0.167. The molecule has 38 heteroatoms. The Bertz CT molecular complexity index is 6030. The molecule has 3 aromatic heterocycles. The number of anilines is 2. The van der Waals surface area contributed by atoms with Crippen LogP contribution in [0.3, 0.4) is 0 Å². The molecule has 5 N–H and O–H groups in total. The van der Waals surface area contributed by atoms with Gasteiger partial charge in [0.2, 0.25) is 22.1 Å². The van der Waals surface area contributed by atoms with E-state index in [1.165, 1.54) is 28.3 Å². The van der Waals surface area contributed by atoms with E-state index in [-0.39, 0.29) is 120 Å². The summed E-state index contributed by atoms with van der Waals surface area (Å²) in [5.41, 5.74) is 6.42. The molecule has 3 saturated heterocycles. The molecule has 8 aromatic rings. The van der Waals surface area contributed by atoms with E-state index in [0.717, 1.165) is 90.0 Å². The third kappa shape index (κ3) is 16.0. The van der Waals surface area contributed by atoms with E-state index in [4.69, 9.17) is 39.7 Å². The third-order valence-electron chi connectivity index (χ3n) is 21.9. The number of benzene rings is 5. The number of halogens is 9. The molecule has 0 radical (unpaired) electrons. The Balaban J connectivity index is 0.000000143. The molecule has 3 saturated carbocycles. The summed E-state index contributed by atoms with van der Waals surface area (Å²) in [6.07, 6.45) is 2.81. The fraction of sp³-hybridized carbons (Fsp3) is 0.329. The second-order valence-corrected chi connectivity index (χ2v) is 28.8. The van der Waals surface area contributed by atoms with E-state index < -0.39 is 141 Å². The van der Waals surface area contributed by atoms with Crippen LogP contribution < -0.4 is 51.3 Å². The molecule has 3 unspecified atom stereocenters. The Morgan fingerprint density at radius 2 is 0.817 bits per heavy atom. The van der Waals surface area contributed by atoms with Gasteiger partial charge in [-0.3, -0.25) is 43.4 Å². The number of fused-ring (bicyclic) bond motifs is 5. The second kappa shape index (κ2) is 34.6. The molecular formula is C82H70BF9N12O16. The van der Waals surface area contributed by atoms with Crippen molar-refractivity contribution < 1.29 is 102 Å². The van der Waals surface area contributed by atoms with Crippen LogP contribution in [0.25, 0.3) is 47.2 Å². The number of carbonyl (C=O) groups excluding carboxylic acids is 5.